The minimum absolute atomic E-state index is 0.0538. The molecule has 0 saturated carbocycles. The summed E-state index contributed by atoms with van der Waals surface area (Å²) in [5.41, 5.74) is 6.47. The second-order valence-electron chi connectivity index (χ2n) is 4.48. The molecule has 0 saturated heterocycles. The fraction of sp³-hybridized carbons (Fsp3) is 0.0667. The summed E-state index contributed by atoms with van der Waals surface area (Å²) in [6, 6.07) is 7.94. The van der Waals surface area contributed by atoms with Crippen LogP contribution in [0, 0.1) is 18.6 Å². The minimum Gasteiger partial charge on any atom is -0.389 e. The molecule has 2 aromatic carbocycles. The average Bonchev–Trinajstić information content (AvgIpc) is 2.43. The number of hydrogen-bond donors (Lipinski definition) is 2. The van der Waals surface area contributed by atoms with Crippen LogP contribution < -0.4 is 11.1 Å². The number of thiocarbonyl (C=S) groups is 1. The molecule has 2 rings (SSSR count). The van der Waals surface area contributed by atoms with Crippen molar-refractivity contribution >= 4 is 28.8 Å². The van der Waals surface area contributed by atoms with Crippen molar-refractivity contribution in [1.29, 1.82) is 0 Å². The third kappa shape index (κ3) is 3.41. The van der Waals surface area contributed by atoms with Crippen molar-refractivity contribution in [3.8, 4) is 0 Å². The highest BCUT2D eigenvalue weighted by Gasteiger charge is 2.11. The van der Waals surface area contributed by atoms with Crippen LogP contribution in [0.4, 0.5) is 14.5 Å². The van der Waals surface area contributed by atoms with Gasteiger partial charge < -0.3 is 11.1 Å². The van der Waals surface area contributed by atoms with E-state index in [1.54, 1.807) is 6.92 Å². The van der Waals surface area contributed by atoms with Crippen molar-refractivity contribution in [1.82, 2.24) is 0 Å². The Morgan fingerprint density at radius 1 is 1.14 bits per heavy atom. The Balaban J connectivity index is 2.25. The molecule has 0 aliphatic heterocycles. The van der Waals surface area contributed by atoms with E-state index in [0.717, 1.165) is 0 Å². The first-order valence-corrected chi connectivity index (χ1v) is 6.46. The first-order chi connectivity index (χ1) is 9.88. The number of aryl methyl sites for hydroxylation is 1. The monoisotopic (exact) mass is 306 g/mol. The van der Waals surface area contributed by atoms with Crippen molar-refractivity contribution < 1.29 is 13.6 Å². The van der Waals surface area contributed by atoms with Gasteiger partial charge in [-0.3, -0.25) is 4.79 Å². The van der Waals surface area contributed by atoms with E-state index in [0.29, 0.717) is 16.8 Å². The topological polar surface area (TPSA) is 55.1 Å². The maximum absolute atomic E-state index is 13.5. The van der Waals surface area contributed by atoms with Gasteiger partial charge in [0.25, 0.3) is 5.91 Å². The van der Waals surface area contributed by atoms with E-state index in [1.165, 1.54) is 36.4 Å². The van der Waals surface area contributed by atoms with Crippen molar-refractivity contribution in [2.24, 2.45) is 5.73 Å². The van der Waals surface area contributed by atoms with Crippen LogP contribution in [0.1, 0.15) is 21.5 Å². The third-order valence-corrected chi connectivity index (χ3v) is 3.13. The van der Waals surface area contributed by atoms with Crippen LogP contribution in [0.5, 0.6) is 0 Å². The normalized spacial score (nSPS) is 10.2. The van der Waals surface area contributed by atoms with Gasteiger partial charge in [0.1, 0.15) is 16.6 Å². The number of nitrogens with two attached hydrogens (primary N) is 1. The molecule has 0 aliphatic carbocycles. The van der Waals surface area contributed by atoms with Gasteiger partial charge in [-0.15, -0.1) is 0 Å². The van der Waals surface area contributed by atoms with Crippen LogP contribution in [0.2, 0.25) is 0 Å². The number of benzene rings is 2. The van der Waals surface area contributed by atoms with Gasteiger partial charge in [0.05, 0.1) is 0 Å². The molecule has 108 valence electrons. The van der Waals surface area contributed by atoms with E-state index in [1.807, 2.05) is 0 Å². The first-order valence-electron chi connectivity index (χ1n) is 6.05. The van der Waals surface area contributed by atoms with Crippen LogP contribution in [-0.2, 0) is 0 Å². The molecule has 0 unspecified atom stereocenters. The van der Waals surface area contributed by atoms with E-state index in [9.17, 15) is 13.6 Å². The Bertz CT molecular complexity index is 732. The smallest absolute Gasteiger partial charge is 0.255 e. The molecule has 3 N–H and O–H groups in total. The lowest BCUT2D eigenvalue weighted by Gasteiger charge is -2.08. The Kier molecular flexibility index (Phi) is 4.28. The number of nitrogens with one attached hydrogen (secondary N) is 1. The number of carbonyl (C=O) groups is 1. The lowest BCUT2D eigenvalue weighted by molar-refractivity contribution is 0.102. The molecular formula is C15H12F2N2OS. The number of halogens is 2. The van der Waals surface area contributed by atoms with Gasteiger partial charge in [0.2, 0.25) is 0 Å². The first kappa shape index (κ1) is 15.1. The molecule has 6 heteroatoms. The van der Waals surface area contributed by atoms with Gasteiger partial charge in [-0.2, -0.15) is 0 Å². The van der Waals surface area contributed by atoms with E-state index in [-0.39, 0.29) is 16.4 Å². The summed E-state index contributed by atoms with van der Waals surface area (Å²) in [4.78, 5) is 12.0. The lowest BCUT2D eigenvalue weighted by atomic mass is 10.1. The predicted octanol–water partition coefficient (Wildman–Crippen LogP) is 3.16. The molecule has 2 aromatic rings. The average molecular weight is 306 g/mol. The second-order valence-corrected chi connectivity index (χ2v) is 4.92. The number of carbonyl (C=O) groups excluding carboxylic acids is 1. The van der Waals surface area contributed by atoms with Gasteiger partial charge in [-0.05, 0) is 48.9 Å². The van der Waals surface area contributed by atoms with Gasteiger partial charge in [-0.1, -0.05) is 12.2 Å². The summed E-state index contributed by atoms with van der Waals surface area (Å²) in [7, 11) is 0. The fourth-order valence-electron chi connectivity index (χ4n) is 1.78. The lowest BCUT2D eigenvalue weighted by Crippen LogP contribution is -2.15. The summed E-state index contributed by atoms with van der Waals surface area (Å²) in [5.74, 6) is -1.37. The van der Waals surface area contributed by atoms with Crippen molar-refractivity contribution in [2.75, 3.05) is 5.32 Å². The fourth-order valence-corrected chi connectivity index (χ4v) is 1.94. The molecule has 0 heterocycles. The molecule has 1 amide bonds. The number of anilines is 1. The van der Waals surface area contributed by atoms with Crippen LogP contribution in [0.15, 0.2) is 36.4 Å². The van der Waals surface area contributed by atoms with Crippen molar-refractivity contribution in [3.63, 3.8) is 0 Å². The standard InChI is InChI=1S/C15H12F2N2OS/c1-8-6-9(2-4-12(8)16)15(20)19-10-3-5-13(17)11(7-10)14(18)21/h2-7H,1H3,(H2,18,21)(H,19,20). The Morgan fingerprint density at radius 2 is 1.81 bits per heavy atom. The van der Waals surface area contributed by atoms with Crippen molar-refractivity contribution in [3.05, 3.63) is 64.7 Å². The highest BCUT2D eigenvalue weighted by Crippen LogP contribution is 2.17. The van der Waals surface area contributed by atoms with Crippen LogP contribution in [-0.4, -0.2) is 10.9 Å². The highest BCUT2D eigenvalue weighted by atomic mass is 32.1. The van der Waals surface area contributed by atoms with E-state index in [2.05, 4.69) is 5.32 Å². The highest BCUT2D eigenvalue weighted by molar-refractivity contribution is 7.80. The Morgan fingerprint density at radius 3 is 2.43 bits per heavy atom. The molecule has 0 aliphatic rings. The van der Waals surface area contributed by atoms with Crippen LogP contribution in [0.3, 0.4) is 0 Å². The Labute approximate surface area is 125 Å². The number of amides is 1. The SMILES string of the molecule is Cc1cc(C(=O)Nc2ccc(F)c(C(N)=S)c2)ccc1F. The quantitative estimate of drug-likeness (QED) is 0.857. The van der Waals surface area contributed by atoms with Crippen LogP contribution >= 0.6 is 12.2 Å². The van der Waals surface area contributed by atoms with Crippen molar-refractivity contribution in [2.45, 2.75) is 6.92 Å². The number of hydrogen-bond acceptors (Lipinski definition) is 2. The van der Waals surface area contributed by atoms with Gasteiger partial charge in [0.15, 0.2) is 0 Å². The maximum Gasteiger partial charge on any atom is 0.255 e. The third-order valence-electron chi connectivity index (χ3n) is 2.91. The Hall–Kier alpha value is -2.34. The predicted molar refractivity (Wildman–Crippen MR) is 81.4 cm³/mol. The zero-order valence-corrected chi connectivity index (χ0v) is 11.9. The molecule has 0 atom stereocenters. The van der Waals surface area contributed by atoms with Gasteiger partial charge in [0, 0.05) is 16.8 Å². The largest absolute Gasteiger partial charge is 0.389 e. The zero-order valence-electron chi connectivity index (χ0n) is 11.1. The van der Waals surface area contributed by atoms with Gasteiger partial charge >= 0.3 is 0 Å². The molecular weight excluding hydrogens is 294 g/mol. The molecule has 0 bridgehead atoms. The van der Waals surface area contributed by atoms with Crippen LogP contribution in [0.25, 0.3) is 0 Å². The minimum atomic E-state index is -0.557. The van der Waals surface area contributed by atoms with E-state index >= 15 is 0 Å². The number of rotatable bonds is 3. The summed E-state index contributed by atoms with van der Waals surface area (Å²) < 4.78 is 26.6. The molecule has 0 aromatic heterocycles. The molecule has 0 spiro atoms. The van der Waals surface area contributed by atoms with Gasteiger partial charge in [-0.25, -0.2) is 8.78 Å². The molecule has 21 heavy (non-hydrogen) atoms. The zero-order chi connectivity index (χ0) is 15.6. The second kappa shape index (κ2) is 5.97. The summed E-state index contributed by atoms with van der Waals surface area (Å²) in [6.45, 7) is 1.56. The summed E-state index contributed by atoms with van der Waals surface area (Å²) in [6.07, 6.45) is 0. The summed E-state index contributed by atoms with van der Waals surface area (Å²) in [5, 5.41) is 2.58. The molecule has 3 nitrogen and oxygen atoms in total. The van der Waals surface area contributed by atoms with E-state index in [4.69, 9.17) is 18.0 Å². The summed E-state index contributed by atoms with van der Waals surface area (Å²) >= 11 is 4.73. The molecule has 0 fully saturated rings. The maximum atomic E-state index is 13.5. The molecule has 0 radical (unpaired) electrons. The van der Waals surface area contributed by atoms with E-state index < -0.39 is 11.7 Å².